The summed E-state index contributed by atoms with van der Waals surface area (Å²) in [6.45, 7) is 1.81. The predicted octanol–water partition coefficient (Wildman–Crippen LogP) is 1.70. The van der Waals surface area contributed by atoms with Crippen molar-refractivity contribution in [1.29, 1.82) is 0 Å². The van der Waals surface area contributed by atoms with Crippen molar-refractivity contribution in [3.63, 3.8) is 0 Å². The minimum absolute atomic E-state index is 0.0817. The number of anilines is 1. The van der Waals surface area contributed by atoms with E-state index in [1.165, 1.54) is 6.07 Å². The van der Waals surface area contributed by atoms with E-state index in [1.54, 1.807) is 19.1 Å². The number of halogens is 1. The molecule has 0 atom stereocenters. The maximum Gasteiger partial charge on any atom is 0.239 e. The largest absolute Gasteiger partial charge is 0.353 e. The number of hydrogen-bond donors (Lipinski definition) is 3. The van der Waals surface area contributed by atoms with E-state index in [0.29, 0.717) is 22.4 Å². The monoisotopic (exact) mass is 281 g/mol. The Balaban J connectivity index is 1.76. The van der Waals surface area contributed by atoms with Gasteiger partial charge in [0.05, 0.1) is 6.54 Å². The van der Waals surface area contributed by atoms with Gasteiger partial charge in [0.2, 0.25) is 5.91 Å². The smallest absolute Gasteiger partial charge is 0.239 e. The van der Waals surface area contributed by atoms with Crippen LogP contribution in [0.1, 0.15) is 18.4 Å². The van der Waals surface area contributed by atoms with Crippen molar-refractivity contribution >= 4 is 28.9 Å². The molecule has 1 aromatic carbocycles. The van der Waals surface area contributed by atoms with Crippen LogP contribution in [-0.2, 0) is 4.79 Å². The summed E-state index contributed by atoms with van der Waals surface area (Å²) in [5.41, 5.74) is 1.14. The zero-order chi connectivity index (χ0) is 13.8. The lowest BCUT2D eigenvalue weighted by atomic mass is 10.2. The van der Waals surface area contributed by atoms with Crippen LogP contribution >= 0.6 is 12.2 Å². The van der Waals surface area contributed by atoms with Crippen molar-refractivity contribution in [3.8, 4) is 0 Å². The van der Waals surface area contributed by atoms with E-state index in [9.17, 15) is 9.18 Å². The first-order valence-corrected chi connectivity index (χ1v) is 6.56. The van der Waals surface area contributed by atoms with Gasteiger partial charge in [0, 0.05) is 11.7 Å². The molecule has 2 rings (SSSR count). The number of aryl methyl sites for hydroxylation is 1. The summed E-state index contributed by atoms with van der Waals surface area (Å²) in [6, 6.07) is 5.10. The number of carbonyl (C=O) groups excluding carboxylic acids is 1. The van der Waals surface area contributed by atoms with E-state index in [4.69, 9.17) is 12.2 Å². The van der Waals surface area contributed by atoms with Gasteiger partial charge in [-0.05, 0) is 49.7 Å². The summed E-state index contributed by atoms with van der Waals surface area (Å²) in [6.07, 6.45) is 2.11. The molecule has 1 fully saturated rings. The van der Waals surface area contributed by atoms with Gasteiger partial charge in [-0.3, -0.25) is 4.79 Å². The molecule has 0 unspecified atom stereocenters. The number of thiocarbonyl (C=S) groups is 1. The minimum Gasteiger partial charge on any atom is -0.353 e. The second-order valence-corrected chi connectivity index (χ2v) is 5.02. The van der Waals surface area contributed by atoms with Crippen molar-refractivity contribution in [2.75, 3.05) is 11.9 Å². The van der Waals surface area contributed by atoms with Gasteiger partial charge in [0.25, 0.3) is 0 Å². The lowest BCUT2D eigenvalue weighted by molar-refractivity contribution is -0.120. The highest BCUT2D eigenvalue weighted by molar-refractivity contribution is 7.80. The lowest BCUT2D eigenvalue weighted by Gasteiger charge is -2.11. The summed E-state index contributed by atoms with van der Waals surface area (Å²) in [5.74, 6) is -0.374. The maximum absolute atomic E-state index is 13.3. The fourth-order valence-electron chi connectivity index (χ4n) is 1.51. The Morgan fingerprint density at radius 1 is 1.47 bits per heavy atom. The van der Waals surface area contributed by atoms with Crippen LogP contribution in [0.2, 0.25) is 0 Å². The zero-order valence-electron chi connectivity index (χ0n) is 10.6. The van der Waals surface area contributed by atoms with E-state index in [2.05, 4.69) is 16.0 Å². The van der Waals surface area contributed by atoms with Crippen molar-refractivity contribution in [2.45, 2.75) is 25.8 Å². The first kappa shape index (κ1) is 13.7. The van der Waals surface area contributed by atoms with E-state index in [-0.39, 0.29) is 18.3 Å². The minimum atomic E-state index is -0.292. The van der Waals surface area contributed by atoms with Gasteiger partial charge in [-0.25, -0.2) is 4.39 Å². The van der Waals surface area contributed by atoms with Gasteiger partial charge in [-0.15, -0.1) is 0 Å². The number of hydrogen-bond acceptors (Lipinski definition) is 2. The molecule has 4 nitrogen and oxygen atoms in total. The molecule has 1 aliphatic carbocycles. The van der Waals surface area contributed by atoms with Crippen LogP contribution in [0.4, 0.5) is 10.1 Å². The molecular weight excluding hydrogens is 265 g/mol. The average molecular weight is 281 g/mol. The normalized spacial score (nSPS) is 13.8. The van der Waals surface area contributed by atoms with Gasteiger partial charge < -0.3 is 16.0 Å². The maximum atomic E-state index is 13.3. The third-order valence-electron chi connectivity index (χ3n) is 2.78. The Hall–Kier alpha value is -1.69. The summed E-state index contributed by atoms with van der Waals surface area (Å²) in [7, 11) is 0. The van der Waals surface area contributed by atoms with Gasteiger partial charge in [-0.1, -0.05) is 6.07 Å². The number of amides is 1. The quantitative estimate of drug-likeness (QED) is 0.735. The molecule has 0 radical (unpaired) electrons. The molecule has 0 spiro atoms. The van der Waals surface area contributed by atoms with E-state index in [0.717, 1.165) is 12.8 Å². The highest BCUT2D eigenvalue weighted by atomic mass is 32.1. The van der Waals surface area contributed by atoms with Gasteiger partial charge in [0.1, 0.15) is 5.82 Å². The topological polar surface area (TPSA) is 53.2 Å². The van der Waals surface area contributed by atoms with Gasteiger partial charge >= 0.3 is 0 Å². The van der Waals surface area contributed by atoms with E-state index >= 15 is 0 Å². The SMILES string of the molecule is Cc1ccc(NC(=S)NCC(=O)NC2CC2)cc1F. The molecule has 0 heterocycles. The summed E-state index contributed by atoms with van der Waals surface area (Å²) >= 11 is 5.04. The number of rotatable bonds is 4. The summed E-state index contributed by atoms with van der Waals surface area (Å²) < 4.78 is 13.3. The van der Waals surface area contributed by atoms with E-state index in [1.807, 2.05) is 0 Å². The van der Waals surface area contributed by atoms with Crippen molar-refractivity contribution in [2.24, 2.45) is 0 Å². The number of carbonyl (C=O) groups is 1. The molecule has 6 heteroatoms. The lowest BCUT2D eigenvalue weighted by Crippen LogP contribution is -2.39. The molecule has 0 aliphatic heterocycles. The van der Waals surface area contributed by atoms with Gasteiger partial charge in [0.15, 0.2) is 5.11 Å². The zero-order valence-corrected chi connectivity index (χ0v) is 11.4. The van der Waals surface area contributed by atoms with Crippen LogP contribution in [0.15, 0.2) is 18.2 Å². The Kier molecular flexibility index (Phi) is 4.31. The first-order valence-electron chi connectivity index (χ1n) is 6.15. The summed E-state index contributed by atoms with van der Waals surface area (Å²) in [4.78, 5) is 11.4. The molecule has 102 valence electrons. The molecule has 1 aromatic rings. The second kappa shape index (κ2) is 5.97. The number of benzene rings is 1. The Bertz CT molecular complexity index is 503. The Morgan fingerprint density at radius 2 is 2.21 bits per heavy atom. The molecule has 0 bridgehead atoms. The van der Waals surface area contributed by atoms with Crippen LogP contribution in [-0.4, -0.2) is 23.6 Å². The fraction of sp³-hybridized carbons (Fsp3) is 0.385. The Labute approximate surface area is 116 Å². The molecule has 1 saturated carbocycles. The molecule has 1 amide bonds. The molecular formula is C13H16FN3OS. The van der Waals surface area contributed by atoms with Crippen LogP contribution in [0.3, 0.4) is 0 Å². The molecule has 0 aromatic heterocycles. The van der Waals surface area contributed by atoms with Crippen LogP contribution in [0, 0.1) is 12.7 Å². The third kappa shape index (κ3) is 4.48. The highest BCUT2D eigenvalue weighted by Gasteiger charge is 2.22. The number of nitrogens with one attached hydrogen (secondary N) is 3. The van der Waals surface area contributed by atoms with Crippen molar-refractivity contribution in [1.82, 2.24) is 10.6 Å². The third-order valence-corrected chi connectivity index (χ3v) is 3.03. The molecule has 19 heavy (non-hydrogen) atoms. The van der Waals surface area contributed by atoms with E-state index < -0.39 is 0 Å². The summed E-state index contributed by atoms with van der Waals surface area (Å²) in [5, 5.41) is 8.76. The second-order valence-electron chi connectivity index (χ2n) is 4.61. The van der Waals surface area contributed by atoms with Gasteiger partial charge in [-0.2, -0.15) is 0 Å². The predicted molar refractivity (Wildman–Crippen MR) is 76.5 cm³/mol. The average Bonchev–Trinajstić information content (AvgIpc) is 3.15. The molecule has 3 N–H and O–H groups in total. The molecule has 0 saturated heterocycles. The van der Waals surface area contributed by atoms with Crippen molar-refractivity contribution < 1.29 is 9.18 Å². The fourth-order valence-corrected chi connectivity index (χ4v) is 1.70. The standard InChI is InChI=1S/C13H16FN3OS/c1-8-2-3-10(6-11(8)14)17-13(19)15-7-12(18)16-9-4-5-9/h2-3,6,9H,4-5,7H2,1H3,(H,16,18)(H2,15,17,19). The first-order chi connectivity index (χ1) is 9.04. The van der Waals surface area contributed by atoms with Crippen LogP contribution in [0.25, 0.3) is 0 Å². The van der Waals surface area contributed by atoms with Crippen molar-refractivity contribution in [3.05, 3.63) is 29.6 Å². The Morgan fingerprint density at radius 3 is 2.84 bits per heavy atom. The van der Waals surface area contributed by atoms with Crippen LogP contribution < -0.4 is 16.0 Å². The van der Waals surface area contributed by atoms with Crippen LogP contribution in [0.5, 0.6) is 0 Å². The highest BCUT2D eigenvalue weighted by Crippen LogP contribution is 2.18. The molecule has 1 aliphatic rings.